The second-order valence-electron chi connectivity index (χ2n) is 5.56. The van der Waals surface area contributed by atoms with Gasteiger partial charge < -0.3 is 20.1 Å². The van der Waals surface area contributed by atoms with Crippen molar-refractivity contribution in [1.29, 1.82) is 0 Å². The van der Waals surface area contributed by atoms with Crippen LogP contribution in [0.2, 0.25) is 0 Å². The van der Waals surface area contributed by atoms with E-state index in [9.17, 15) is 4.79 Å². The number of benzene rings is 1. The van der Waals surface area contributed by atoms with Crippen LogP contribution in [0.3, 0.4) is 0 Å². The predicted octanol–water partition coefficient (Wildman–Crippen LogP) is 1.47. The highest BCUT2D eigenvalue weighted by Crippen LogP contribution is 2.22. The van der Waals surface area contributed by atoms with Crippen LogP contribution in [0.4, 0.5) is 0 Å². The number of methoxy groups -OCH3 is 1. The maximum absolute atomic E-state index is 12.4. The Bertz CT molecular complexity index is 504. The van der Waals surface area contributed by atoms with E-state index in [4.69, 9.17) is 15.2 Å². The fourth-order valence-corrected chi connectivity index (χ4v) is 2.70. The molecular weight excluding hydrogens is 268 g/mol. The van der Waals surface area contributed by atoms with Crippen molar-refractivity contribution in [2.24, 2.45) is 5.73 Å². The van der Waals surface area contributed by atoms with Crippen LogP contribution in [-0.2, 0) is 16.1 Å². The van der Waals surface area contributed by atoms with E-state index >= 15 is 0 Å². The molecule has 0 unspecified atom stereocenters. The first-order valence-corrected chi connectivity index (χ1v) is 7.29. The topological polar surface area (TPSA) is 64.8 Å². The van der Waals surface area contributed by atoms with Crippen LogP contribution in [0.1, 0.15) is 24.0 Å². The van der Waals surface area contributed by atoms with Crippen LogP contribution in [0.5, 0.6) is 5.75 Å². The van der Waals surface area contributed by atoms with Crippen molar-refractivity contribution in [2.75, 3.05) is 20.7 Å². The first-order valence-electron chi connectivity index (χ1n) is 7.29. The normalized spacial score (nSPS) is 21.3. The summed E-state index contributed by atoms with van der Waals surface area (Å²) in [5, 5.41) is 0. The van der Waals surface area contributed by atoms with Crippen molar-refractivity contribution in [1.82, 2.24) is 4.90 Å². The third-order valence-electron chi connectivity index (χ3n) is 3.90. The Morgan fingerprint density at radius 3 is 2.81 bits per heavy atom. The summed E-state index contributed by atoms with van der Waals surface area (Å²) in [7, 11) is 3.46. The zero-order chi connectivity index (χ0) is 15.4. The lowest BCUT2D eigenvalue weighted by Gasteiger charge is -2.21. The largest absolute Gasteiger partial charge is 0.496 e. The van der Waals surface area contributed by atoms with Gasteiger partial charge in [-0.2, -0.15) is 0 Å². The second-order valence-corrected chi connectivity index (χ2v) is 5.56. The smallest absolute Gasteiger partial charge is 0.251 e. The molecule has 2 atom stereocenters. The van der Waals surface area contributed by atoms with Gasteiger partial charge in [-0.1, -0.05) is 12.1 Å². The van der Waals surface area contributed by atoms with Crippen molar-refractivity contribution in [3.63, 3.8) is 0 Å². The highest BCUT2D eigenvalue weighted by molar-refractivity contribution is 5.81. The van der Waals surface area contributed by atoms with E-state index in [1.54, 1.807) is 19.1 Å². The molecule has 21 heavy (non-hydrogen) atoms. The number of amides is 1. The van der Waals surface area contributed by atoms with E-state index in [-0.39, 0.29) is 18.1 Å². The molecule has 0 saturated carbocycles. The van der Waals surface area contributed by atoms with Gasteiger partial charge in [0.1, 0.15) is 11.9 Å². The fourth-order valence-electron chi connectivity index (χ4n) is 2.70. The van der Waals surface area contributed by atoms with Gasteiger partial charge in [0, 0.05) is 20.1 Å². The molecule has 2 N–H and O–H groups in total. The maximum atomic E-state index is 12.4. The first-order chi connectivity index (χ1) is 10.0. The molecule has 116 valence electrons. The summed E-state index contributed by atoms with van der Waals surface area (Å²) in [6.07, 6.45) is 1.30. The lowest BCUT2D eigenvalue weighted by molar-refractivity contribution is -0.141. The summed E-state index contributed by atoms with van der Waals surface area (Å²) in [4.78, 5) is 14.1. The van der Waals surface area contributed by atoms with Crippen molar-refractivity contribution in [3.05, 3.63) is 29.3 Å². The van der Waals surface area contributed by atoms with Crippen molar-refractivity contribution < 1.29 is 14.3 Å². The fraction of sp³-hybridized carbons (Fsp3) is 0.562. The van der Waals surface area contributed by atoms with Crippen LogP contribution in [0.25, 0.3) is 0 Å². The molecule has 0 aromatic heterocycles. The number of aryl methyl sites for hydroxylation is 1. The van der Waals surface area contributed by atoms with Gasteiger partial charge in [-0.15, -0.1) is 0 Å². The Balaban J connectivity index is 1.96. The molecule has 0 radical (unpaired) electrons. The Kier molecular flexibility index (Phi) is 5.20. The predicted molar refractivity (Wildman–Crippen MR) is 81.2 cm³/mol. The number of carbonyl (C=O) groups is 1. The molecule has 1 aliphatic heterocycles. The molecular formula is C16H24N2O3. The molecule has 1 saturated heterocycles. The average molecular weight is 292 g/mol. The Morgan fingerprint density at radius 2 is 2.24 bits per heavy atom. The highest BCUT2D eigenvalue weighted by atomic mass is 16.5. The minimum absolute atomic E-state index is 0.0237. The number of rotatable bonds is 5. The maximum Gasteiger partial charge on any atom is 0.251 e. The van der Waals surface area contributed by atoms with E-state index < -0.39 is 0 Å². The summed E-state index contributed by atoms with van der Waals surface area (Å²) >= 11 is 0. The number of ether oxygens (including phenoxy) is 2. The van der Waals surface area contributed by atoms with Crippen molar-refractivity contribution in [2.45, 2.75) is 38.5 Å². The Hall–Kier alpha value is -1.59. The van der Waals surface area contributed by atoms with Crippen molar-refractivity contribution >= 4 is 5.91 Å². The third kappa shape index (κ3) is 3.74. The van der Waals surface area contributed by atoms with Gasteiger partial charge in [-0.25, -0.2) is 0 Å². The molecule has 5 nitrogen and oxygen atoms in total. The molecule has 1 fully saturated rings. The molecule has 0 aliphatic carbocycles. The summed E-state index contributed by atoms with van der Waals surface area (Å²) in [5.41, 5.74) is 7.72. The molecule has 1 aromatic rings. The molecule has 5 heteroatoms. The lowest BCUT2D eigenvalue weighted by Crippen LogP contribution is -2.36. The van der Waals surface area contributed by atoms with E-state index in [2.05, 4.69) is 0 Å². The van der Waals surface area contributed by atoms with Crippen molar-refractivity contribution in [3.8, 4) is 5.75 Å². The zero-order valence-corrected chi connectivity index (χ0v) is 13.0. The van der Waals surface area contributed by atoms with E-state index in [1.807, 2.05) is 25.1 Å². The summed E-state index contributed by atoms with van der Waals surface area (Å²) < 4.78 is 10.9. The Morgan fingerprint density at radius 1 is 1.48 bits per heavy atom. The minimum Gasteiger partial charge on any atom is -0.496 e. The molecule has 0 bridgehead atoms. The zero-order valence-electron chi connectivity index (χ0n) is 13.0. The van der Waals surface area contributed by atoms with Crippen LogP contribution in [-0.4, -0.2) is 43.7 Å². The summed E-state index contributed by atoms with van der Waals surface area (Å²) in [6, 6.07) is 5.95. The summed E-state index contributed by atoms with van der Waals surface area (Å²) in [6.45, 7) is 3.04. The third-order valence-corrected chi connectivity index (χ3v) is 3.90. The number of carbonyl (C=O) groups excluding carboxylic acids is 1. The molecule has 1 heterocycles. The number of hydrogen-bond donors (Lipinski definition) is 1. The number of nitrogens with two attached hydrogens (primary N) is 1. The van der Waals surface area contributed by atoms with Gasteiger partial charge in [-0.3, -0.25) is 4.79 Å². The molecule has 0 spiro atoms. The van der Waals surface area contributed by atoms with Gasteiger partial charge in [0.15, 0.2) is 0 Å². The van der Waals surface area contributed by atoms with Crippen LogP contribution < -0.4 is 10.5 Å². The quantitative estimate of drug-likeness (QED) is 0.892. The number of likely N-dealkylation sites (N-methyl/N-ethyl adjacent to an activating group) is 1. The Labute approximate surface area is 126 Å². The van der Waals surface area contributed by atoms with Gasteiger partial charge in [0.25, 0.3) is 5.91 Å². The molecule has 1 aliphatic rings. The number of hydrogen-bond acceptors (Lipinski definition) is 4. The van der Waals surface area contributed by atoms with E-state index in [0.29, 0.717) is 13.1 Å². The van der Waals surface area contributed by atoms with Gasteiger partial charge >= 0.3 is 0 Å². The summed E-state index contributed by atoms with van der Waals surface area (Å²) in [5.74, 6) is 0.886. The lowest BCUT2D eigenvalue weighted by atomic mass is 10.1. The van der Waals surface area contributed by atoms with Crippen LogP contribution >= 0.6 is 0 Å². The van der Waals surface area contributed by atoms with Gasteiger partial charge in [0.2, 0.25) is 0 Å². The van der Waals surface area contributed by atoms with Gasteiger partial charge in [-0.05, 0) is 37.0 Å². The van der Waals surface area contributed by atoms with Gasteiger partial charge in [0.05, 0.1) is 13.2 Å². The molecule has 2 rings (SSSR count). The second kappa shape index (κ2) is 6.91. The first kappa shape index (κ1) is 15.8. The monoisotopic (exact) mass is 292 g/mol. The minimum atomic E-state index is -0.345. The van der Waals surface area contributed by atoms with Crippen LogP contribution in [0, 0.1) is 6.92 Å². The van der Waals surface area contributed by atoms with Crippen LogP contribution in [0.15, 0.2) is 18.2 Å². The SMILES string of the molecule is COc1ccc(CN(C)C(=O)[C@@H]2CC[C@H](CN)O2)cc1C. The highest BCUT2D eigenvalue weighted by Gasteiger charge is 2.31. The number of nitrogens with zero attached hydrogens (tertiary/aromatic N) is 1. The van der Waals surface area contributed by atoms with E-state index in [0.717, 1.165) is 29.7 Å². The average Bonchev–Trinajstić information content (AvgIpc) is 2.95. The standard InChI is InChI=1S/C16H24N2O3/c1-11-8-12(4-6-14(11)20-3)10-18(2)16(19)15-7-5-13(9-17)21-15/h4,6,8,13,15H,5,7,9-10,17H2,1-3H3/t13-,15+/m1/s1. The molecule has 1 amide bonds. The van der Waals surface area contributed by atoms with E-state index in [1.165, 1.54) is 0 Å². The molecule has 1 aromatic carbocycles.